The molecule has 0 heterocycles. The fourth-order valence-electron chi connectivity index (χ4n) is 10.7. The summed E-state index contributed by atoms with van der Waals surface area (Å²) in [4.78, 5) is 150. The van der Waals surface area contributed by atoms with Crippen molar-refractivity contribution >= 4 is 136 Å². The molecule has 0 aliphatic heterocycles. The van der Waals surface area contributed by atoms with E-state index in [1.165, 1.54) is 0 Å². The third-order valence-corrected chi connectivity index (χ3v) is 19.4. The maximum absolute atomic E-state index is 14.3. The summed E-state index contributed by atoms with van der Waals surface area (Å²) >= 11 is 0. The molecule has 0 spiro atoms. The number of amides is 5. The van der Waals surface area contributed by atoms with Gasteiger partial charge in [0.05, 0.1) is 12.6 Å². The minimum Gasteiger partial charge on any atom is -0.0622 e. The molecule has 0 bridgehead atoms. The zero-order valence-electron chi connectivity index (χ0n) is 52.0. The summed E-state index contributed by atoms with van der Waals surface area (Å²) < 4.78 is 5.77. The summed E-state index contributed by atoms with van der Waals surface area (Å²) in [7, 11) is 24.9. The number of ether oxygens (including phenoxy) is 1. The number of ketones is 4. The molecule has 460 valence electrons. The minimum atomic E-state index is -2.75. The Kier molecular flexibility index (Phi) is 30.5. The van der Waals surface area contributed by atoms with Crippen LogP contribution in [0.5, 0.6) is 0 Å². The van der Waals surface area contributed by atoms with Crippen molar-refractivity contribution in [2.75, 3.05) is 26.4 Å². The number of hydrogen-bond acceptors (Lipinski definition) is 12. The normalized spacial score (nSPS) is 13.7. The molecule has 0 saturated carbocycles. The van der Waals surface area contributed by atoms with Gasteiger partial charge in [-0.2, -0.15) is 0 Å². The van der Waals surface area contributed by atoms with Gasteiger partial charge < -0.3 is 26.0 Å². The Labute approximate surface area is 539 Å². The molecule has 17 nitrogen and oxygen atoms in total. The van der Waals surface area contributed by atoms with Crippen LogP contribution in [0.3, 0.4) is 0 Å². The Morgan fingerprint density at radius 1 is 0.567 bits per heavy atom. The predicted octanol–water partition coefficient (Wildman–Crippen LogP) is 5.08. The first kappa shape index (κ1) is 74.1. The van der Waals surface area contributed by atoms with Crippen LogP contribution < -0.4 is 26.6 Å². The quantitative estimate of drug-likeness (QED) is 0.0293. The van der Waals surface area contributed by atoms with Gasteiger partial charge in [-0.3, -0.25) is 28.8 Å². The number of rotatable bonds is 37. The zero-order valence-corrected chi connectivity index (χ0v) is 53.7. The van der Waals surface area contributed by atoms with Crippen LogP contribution in [0.4, 0.5) is 4.79 Å². The van der Waals surface area contributed by atoms with Crippen LogP contribution in [0.2, 0.25) is 0 Å². The van der Waals surface area contributed by atoms with E-state index in [0.717, 1.165) is 39.9 Å². The number of alkyl carbamates (subject to hydrolysis) is 1. The van der Waals surface area contributed by atoms with Crippen LogP contribution >= 0.6 is 16.5 Å². The molecular formula is C63H76B8N5O12PS. The van der Waals surface area contributed by atoms with Gasteiger partial charge in [0.15, 0.2) is 11.6 Å². The van der Waals surface area contributed by atoms with Crippen LogP contribution in [-0.2, 0) is 65.5 Å². The monoisotopic (exact) mass is 1250 g/mol. The molecule has 4 aromatic carbocycles. The molecule has 6 atom stereocenters. The molecule has 27 heteroatoms. The summed E-state index contributed by atoms with van der Waals surface area (Å²) in [5.41, 5.74) is 5.08. The van der Waals surface area contributed by atoms with Gasteiger partial charge >= 0.3 is 199 Å². The van der Waals surface area contributed by atoms with E-state index in [1.807, 2.05) is 76.2 Å². The van der Waals surface area contributed by atoms with E-state index < -0.39 is 130 Å². The topological polar surface area (TPSA) is 257 Å². The second-order valence-electron chi connectivity index (χ2n) is 23.5. The van der Waals surface area contributed by atoms with Crippen molar-refractivity contribution in [3.05, 3.63) is 131 Å². The minimum absolute atomic E-state index is 0.00615. The molecule has 0 aromatic heterocycles. The first-order valence-electron chi connectivity index (χ1n) is 30.3. The fraction of sp³-hybridized carbons (Fsp3) is 0.444. The van der Waals surface area contributed by atoms with Gasteiger partial charge in [-0.15, -0.1) is 0 Å². The van der Waals surface area contributed by atoms with Crippen LogP contribution in [-0.4, -0.2) is 164 Å². The number of Topliss-reactive ketones (excluding diaryl/α,β-unsaturated/α-hetero) is 4. The van der Waals surface area contributed by atoms with Gasteiger partial charge in [-0.05, 0) is 59.7 Å². The molecule has 1 aliphatic rings. The number of carbonyl (C=O) groups is 11. The molecule has 6 unspecified atom stereocenters. The van der Waals surface area contributed by atoms with Crippen molar-refractivity contribution < 1.29 is 57.5 Å². The molecule has 5 amide bonds. The van der Waals surface area contributed by atoms with Crippen LogP contribution in [0, 0.1) is 23.7 Å². The molecule has 0 fully saturated rings. The SMILES string of the molecule is [B]B=S(=B[B])(B([B])[B])C(=O)CCC(=O)C(CC(C)C)NC(=O)C(CC(=O)CNC(=O)C(CCC(=O)NCC(=O)CC(Cc1ccccc1)C(=O)NC(CC(C)C)C(=O)CCC(=O)P([B])C)NC(=O)OCC1c2ccccc2-c2ccccc21)Cc1ccccc1. The van der Waals surface area contributed by atoms with E-state index in [-0.39, 0.29) is 93.5 Å². The summed E-state index contributed by atoms with van der Waals surface area (Å²) in [6, 6.07) is 32.0. The smallest absolute Gasteiger partial charge is 0.0622 e. The van der Waals surface area contributed by atoms with Gasteiger partial charge in [0.1, 0.15) is 25.7 Å². The van der Waals surface area contributed by atoms with Crippen LogP contribution in [0.25, 0.3) is 11.1 Å². The predicted molar refractivity (Wildman–Crippen MR) is 362 cm³/mol. The number of carbonyl (C=O) groups excluding carboxylic acids is 11. The fourth-order valence-corrected chi connectivity index (χ4v) is 12.7. The summed E-state index contributed by atoms with van der Waals surface area (Å²) in [5.74, 6) is -8.24. The van der Waals surface area contributed by atoms with E-state index >= 15 is 0 Å². The van der Waals surface area contributed by atoms with Crippen LogP contribution in [0.1, 0.15) is 120 Å². The van der Waals surface area contributed by atoms with Gasteiger partial charge in [-0.1, -0.05) is 119 Å². The molecule has 4 aromatic rings. The second kappa shape index (κ2) is 37.0. The average Bonchev–Trinajstić information content (AvgIpc) is 1.64. The van der Waals surface area contributed by atoms with Crippen LogP contribution in [0.15, 0.2) is 109 Å². The summed E-state index contributed by atoms with van der Waals surface area (Å²) in [6.07, 6.45) is -2.52. The Morgan fingerprint density at radius 2 is 1.01 bits per heavy atom. The number of hydrogen-bond donors (Lipinski definition) is 5. The van der Waals surface area contributed by atoms with Crippen molar-refractivity contribution in [3.63, 3.8) is 0 Å². The first-order chi connectivity index (χ1) is 42.8. The number of benzene rings is 4. The summed E-state index contributed by atoms with van der Waals surface area (Å²) in [6.45, 7) is 7.87. The number of fused-ring (bicyclic) bond motifs is 3. The van der Waals surface area contributed by atoms with Crippen molar-refractivity contribution in [2.24, 2.45) is 23.7 Å². The van der Waals surface area contributed by atoms with Crippen molar-refractivity contribution in [3.8, 4) is 11.1 Å². The molecular weight excluding hydrogens is 1170 g/mol. The van der Waals surface area contributed by atoms with Gasteiger partial charge in [0.2, 0.25) is 17.7 Å². The van der Waals surface area contributed by atoms with Crippen molar-refractivity contribution in [1.82, 2.24) is 26.6 Å². The summed E-state index contributed by atoms with van der Waals surface area (Å²) in [5, 5.41) is 12.8. The standard InChI is InChI=1S/C63H76B8N5O12PS/c1-39(2)30-53(55(79)25-28-58(82)89(5)68)74-60(84)43(32-41-16-8-6-9-17-41)34-45(77)36-72-57(81)27-24-52(76-63(87)88-38-51-49-22-14-12-20-47(49)48-21-13-15-23-50(48)51)62(86)73-37-46(78)35-44(33-42-18-10-7-11-19-42)61(85)75-54(31-40(3)4)56(80)26-29-59(83)90(69-64,70-65)71(66)67/h6-23,39-40,43-44,51-54H,24-38H2,1-5H3,(H,72,81)(H,73,86)(H,74,84)(H,75,85)(H,76,87). The average molecular weight is 1240 g/mol. The van der Waals surface area contributed by atoms with Crippen molar-refractivity contribution in [1.29, 1.82) is 0 Å². The molecule has 10 radical (unpaired) electrons. The Bertz CT molecular complexity index is 3280. The van der Waals surface area contributed by atoms with E-state index in [9.17, 15) is 52.7 Å². The molecule has 5 rings (SSSR count). The molecule has 5 N–H and O–H groups in total. The third-order valence-electron chi connectivity index (χ3n) is 15.6. The molecule has 0 saturated heterocycles. The Hall–Kier alpha value is -6.65. The van der Waals surface area contributed by atoms with E-state index in [4.69, 9.17) is 43.3 Å². The zero-order chi connectivity index (χ0) is 66.1. The second-order valence-corrected chi connectivity index (χ2v) is 28.3. The Balaban J connectivity index is 1.29. The first-order valence-corrected chi connectivity index (χ1v) is 33.9. The van der Waals surface area contributed by atoms with Crippen molar-refractivity contribution in [2.45, 2.75) is 129 Å². The van der Waals surface area contributed by atoms with E-state index in [1.54, 1.807) is 67.3 Å². The Morgan fingerprint density at radius 3 is 1.46 bits per heavy atom. The van der Waals surface area contributed by atoms with Gasteiger partial charge in [0, 0.05) is 37.5 Å². The molecule has 1 aliphatic carbocycles. The van der Waals surface area contributed by atoms with Gasteiger partial charge in [-0.25, -0.2) is 4.79 Å². The maximum atomic E-state index is 14.3. The number of nitrogens with one attached hydrogen (secondary N) is 5. The van der Waals surface area contributed by atoms with Gasteiger partial charge in [0.25, 0.3) is 0 Å². The van der Waals surface area contributed by atoms with E-state index in [0.29, 0.717) is 12.0 Å². The molecule has 90 heavy (non-hydrogen) atoms. The van der Waals surface area contributed by atoms with E-state index in [2.05, 4.69) is 26.6 Å². The third kappa shape index (κ3) is 22.9.